The molecular formula is C13H16BrN9O. The Kier molecular flexibility index (Phi) is 4.69. The highest BCUT2D eigenvalue weighted by Crippen LogP contribution is 2.11. The van der Waals surface area contributed by atoms with Gasteiger partial charge in [-0.3, -0.25) is 5.32 Å². The predicted molar refractivity (Wildman–Crippen MR) is 89.6 cm³/mol. The van der Waals surface area contributed by atoms with Gasteiger partial charge < -0.3 is 5.32 Å². The zero-order valence-corrected chi connectivity index (χ0v) is 14.7. The van der Waals surface area contributed by atoms with E-state index < -0.39 is 0 Å². The van der Waals surface area contributed by atoms with Crippen LogP contribution in [0.25, 0.3) is 5.65 Å². The van der Waals surface area contributed by atoms with Gasteiger partial charge in [0.15, 0.2) is 17.3 Å². The first kappa shape index (κ1) is 16.3. The van der Waals surface area contributed by atoms with E-state index in [2.05, 4.69) is 52.1 Å². The first-order valence-electron chi connectivity index (χ1n) is 7.36. The number of nitrogens with one attached hydrogen (secondary N) is 2. The minimum Gasteiger partial charge on any atom is -0.337 e. The summed E-state index contributed by atoms with van der Waals surface area (Å²) in [4.78, 5) is 17.7. The standard InChI is InChI=1S/C13H16BrN9O/c1-8(2)23-20-10(18-21-23)5-6-15-13(24)17-11-7-22-12(16-11)4-3-9(14)19-22/h3-4,7-8H,5-6H2,1-2H3,(H2,15,17,24). The molecule has 0 atom stereocenters. The first-order chi connectivity index (χ1) is 11.5. The van der Waals surface area contributed by atoms with E-state index >= 15 is 0 Å². The highest BCUT2D eigenvalue weighted by Gasteiger charge is 2.09. The van der Waals surface area contributed by atoms with Gasteiger partial charge in [0.1, 0.15) is 4.60 Å². The number of carbonyl (C=O) groups excluding carboxylic acids is 1. The van der Waals surface area contributed by atoms with Crippen molar-refractivity contribution in [3.8, 4) is 0 Å². The molecule has 3 heterocycles. The number of amides is 2. The number of anilines is 1. The van der Waals surface area contributed by atoms with Gasteiger partial charge in [0, 0.05) is 13.0 Å². The van der Waals surface area contributed by atoms with E-state index in [1.807, 2.05) is 13.8 Å². The lowest BCUT2D eigenvalue weighted by Gasteiger charge is -2.03. The molecule has 0 aliphatic rings. The Labute approximate surface area is 145 Å². The number of hydrogen-bond donors (Lipinski definition) is 2. The molecule has 10 nitrogen and oxygen atoms in total. The van der Waals surface area contributed by atoms with Crippen molar-refractivity contribution in [1.29, 1.82) is 0 Å². The maximum absolute atomic E-state index is 11.9. The molecule has 0 aromatic carbocycles. The van der Waals surface area contributed by atoms with E-state index in [-0.39, 0.29) is 12.1 Å². The third-order valence-electron chi connectivity index (χ3n) is 3.09. The molecule has 0 aliphatic heterocycles. The highest BCUT2D eigenvalue weighted by molar-refractivity contribution is 9.10. The Balaban J connectivity index is 1.51. The fourth-order valence-corrected chi connectivity index (χ4v) is 2.24. The third kappa shape index (κ3) is 3.85. The second kappa shape index (κ2) is 6.91. The zero-order valence-electron chi connectivity index (χ0n) is 13.1. The minimum atomic E-state index is -0.353. The molecule has 3 aromatic heterocycles. The molecule has 3 rings (SSSR count). The van der Waals surface area contributed by atoms with Gasteiger partial charge in [-0.15, -0.1) is 10.2 Å². The molecule has 2 amide bonds. The predicted octanol–water partition coefficient (Wildman–Crippen LogP) is 1.42. The Bertz CT molecular complexity index is 856. The number of imidazole rings is 1. The Morgan fingerprint density at radius 3 is 2.92 bits per heavy atom. The van der Waals surface area contributed by atoms with E-state index in [0.717, 1.165) is 0 Å². The van der Waals surface area contributed by atoms with Crippen LogP contribution in [0.2, 0.25) is 0 Å². The molecule has 0 saturated carbocycles. The zero-order chi connectivity index (χ0) is 17.1. The van der Waals surface area contributed by atoms with Crippen molar-refractivity contribution in [3.63, 3.8) is 0 Å². The topological polar surface area (TPSA) is 115 Å². The lowest BCUT2D eigenvalue weighted by molar-refractivity contribution is 0.252. The van der Waals surface area contributed by atoms with Crippen LogP contribution in [0.3, 0.4) is 0 Å². The molecule has 0 bridgehead atoms. The number of urea groups is 1. The second-order valence-electron chi connectivity index (χ2n) is 5.34. The third-order valence-corrected chi connectivity index (χ3v) is 3.52. The Morgan fingerprint density at radius 1 is 1.33 bits per heavy atom. The average Bonchev–Trinajstić information content (AvgIpc) is 3.13. The van der Waals surface area contributed by atoms with Crippen LogP contribution >= 0.6 is 15.9 Å². The number of hydrogen-bond acceptors (Lipinski definition) is 6. The van der Waals surface area contributed by atoms with E-state index in [4.69, 9.17) is 0 Å². The fraction of sp³-hybridized carbons (Fsp3) is 0.385. The summed E-state index contributed by atoms with van der Waals surface area (Å²) in [5, 5.41) is 21.7. The molecule has 126 valence electrons. The van der Waals surface area contributed by atoms with Crippen molar-refractivity contribution in [3.05, 3.63) is 28.8 Å². The summed E-state index contributed by atoms with van der Waals surface area (Å²) < 4.78 is 2.26. The van der Waals surface area contributed by atoms with Crippen LogP contribution in [0.4, 0.5) is 10.6 Å². The van der Waals surface area contributed by atoms with E-state index in [1.54, 1.807) is 22.8 Å². The summed E-state index contributed by atoms with van der Waals surface area (Å²) in [5.74, 6) is 1.01. The quantitative estimate of drug-likeness (QED) is 0.677. The SMILES string of the molecule is CC(C)n1nnc(CCNC(=O)Nc2cn3nc(Br)ccc3n2)n1. The van der Waals surface area contributed by atoms with Crippen LogP contribution in [-0.2, 0) is 6.42 Å². The summed E-state index contributed by atoms with van der Waals surface area (Å²) in [5.41, 5.74) is 0.642. The van der Waals surface area contributed by atoms with E-state index in [9.17, 15) is 4.79 Å². The number of aromatic nitrogens is 7. The molecule has 0 unspecified atom stereocenters. The van der Waals surface area contributed by atoms with Crippen molar-refractivity contribution in [2.45, 2.75) is 26.3 Å². The second-order valence-corrected chi connectivity index (χ2v) is 6.15. The smallest absolute Gasteiger partial charge is 0.320 e. The Morgan fingerprint density at radius 2 is 2.17 bits per heavy atom. The van der Waals surface area contributed by atoms with E-state index in [1.165, 1.54) is 4.80 Å². The molecule has 3 aromatic rings. The molecule has 0 spiro atoms. The molecule has 11 heteroatoms. The number of carbonyl (C=O) groups is 1. The molecule has 0 radical (unpaired) electrons. The minimum absolute atomic E-state index is 0.159. The van der Waals surface area contributed by atoms with Crippen LogP contribution in [0.1, 0.15) is 25.7 Å². The average molecular weight is 394 g/mol. The van der Waals surface area contributed by atoms with Crippen molar-refractivity contribution in [1.82, 2.24) is 40.1 Å². The summed E-state index contributed by atoms with van der Waals surface area (Å²) >= 11 is 3.28. The van der Waals surface area contributed by atoms with Crippen LogP contribution in [-0.4, -0.2) is 47.4 Å². The van der Waals surface area contributed by atoms with Crippen molar-refractivity contribution in [2.24, 2.45) is 0 Å². The molecular weight excluding hydrogens is 378 g/mol. The van der Waals surface area contributed by atoms with Crippen LogP contribution in [0, 0.1) is 0 Å². The molecule has 0 saturated heterocycles. The van der Waals surface area contributed by atoms with Crippen LogP contribution in [0.5, 0.6) is 0 Å². The molecule has 2 N–H and O–H groups in total. The van der Waals surface area contributed by atoms with Gasteiger partial charge in [0.25, 0.3) is 0 Å². The maximum Gasteiger partial charge on any atom is 0.320 e. The number of rotatable bonds is 5. The van der Waals surface area contributed by atoms with Gasteiger partial charge in [-0.25, -0.2) is 14.3 Å². The highest BCUT2D eigenvalue weighted by atomic mass is 79.9. The largest absolute Gasteiger partial charge is 0.337 e. The van der Waals surface area contributed by atoms with Gasteiger partial charge >= 0.3 is 6.03 Å². The lowest BCUT2D eigenvalue weighted by Crippen LogP contribution is -2.30. The first-order valence-corrected chi connectivity index (χ1v) is 8.16. The van der Waals surface area contributed by atoms with E-state index in [0.29, 0.717) is 34.9 Å². The van der Waals surface area contributed by atoms with Crippen molar-refractivity contribution >= 4 is 33.4 Å². The number of halogens is 1. The summed E-state index contributed by atoms with van der Waals surface area (Å²) in [6.45, 7) is 4.34. The summed E-state index contributed by atoms with van der Waals surface area (Å²) in [6, 6.07) is 3.38. The molecule has 0 aliphatic carbocycles. The van der Waals surface area contributed by atoms with Gasteiger partial charge in [0.2, 0.25) is 0 Å². The maximum atomic E-state index is 11.9. The molecule has 0 fully saturated rings. The number of fused-ring (bicyclic) bond motifs is 1. The van der Waals surface area contributed by atoms with Crippen molar-refractivity contribution < 1.29 is 4.79 Å². The van der Waals surface area contributed by atoms with Crippen molar-refractivity contribution in [2.75, 3.05) is 11.9 Å². The number of nitrogens with zero attached hydrogens (tertiary/aromatic N) is 7. The van der Waals surface area contributed by atoms with Gasteiger partial charge in [-0.1, -0.05) is 0 Å². The van der Waals surface area contributed by atoms with Crippen LogP contribution in [0.15, 0.2) is 22.9 Å². The normalized spacial score (nSPS) is 11.2. The summed E-state index contributed by atoms with van der Waals surface area (Å²) in [6.07, 6.45) is 2.13. The fourth-order valence-electron chi connectivity index (χ4n) is 1.94. The number of tetrazole rings is 1. The Hall–Kier alpha value is -2.56. The molecule has 24 heavy (non-hydrogen) atoms. The lowest BCUT2D eigenvalue weighted by atomic mass is 10.4. The van der Waals surface area contributed by atoms with Gasteiger partial charge in [0.05, 0.1) is 12.2 Å². The van der Waals surface area contributed by atoms with Crippen LogP contribution < -0.4 is 10.6 Å². The van der Waals surface area contributed by atoms with Gasteiger partial charge in [-0.05, 0) is 47.1 Å². The van der Waals surface area contributed by atoms with Gasteiger partial charge in [-0.2, -0.15) is 9.90 Å². The monoisotopic (exact) mass is 393 g/mol. The summed E-state index contributed by atoms with van der Waals surface area (Å²) in [7, 11) is 0.